The van der Waals surface area contributed by atoms with Crippen molar-refractivity contribution >= 4 is 32.4 Å². The van der Waals surface area contributed by atoms with E-state index in [0.29, 0.717) is 0 Å². The van der Waals surface area contributed by atoms with Crippen molar-refractivity contribution in [2.45, 2.75) is 24.2 Å². The van der Waals surface area contributed by atoms with E-state index < -0.39 is 16.1 Å². The zero-order chi connectivity index (χ0) is 14.8. The number of rotatable bonds is 5. The number of carbonyl (C=O) groups is 1. The van der Waals surface area contributed by atoms with Crippen molar-refractivity contribution in [3.05, 3.63) is 5.82 Å². The molecule has 0 aliphatic carbocycles. The molecule has 2 aromatic heterocycles. The Morgan fingerprint density at radius 1 is 1.35 bits per heavy atom. The number of sulfonamides is 1. The van der Waals surface area contributed by atoms with Crippen LogP contribution in [-0.2, 0) is 14.8 Å². The van der Waals surface area contributed by atoms with Crippen molar-refractivity contribution in [3.8, 4) is 0 Å². The molecule has 1 unspecified atom stereocenters. The maximum atomic E-state index is 12.0. The quantitative estimate of drug-likeness (QED) is 0.596. The second kappa shape index (κ2) is 5.56. The molecule has 3 N–H and O–H groups in total. The van der Waals surface area contributed by atoms with Crippen molar-refractivity contribution in [2.24, 2.45) is 0 Å². The fraction of sp³-hybridized carbons (Fsp3) is 0.429. The van der Waals surface area contributed by atoms with E-state index in [9.17, 15) is 13.2 Å². The second-order valence-electron chi connectivity index (χ2n) is 3.67. The number of nitrogens with one attached hydrogen (secondary N) is 3. The van der Waals surface area contributed by atoms with E-state index in [1.54, 1.807) is 6.92 Å². The van der Waals surface area contributed by atoms with Gasteiger partial charge in [0.15, 0.2) is 5.82 Å². The van der Waals surface area contributed by atoms with Crippen molar-refractivity contribution < 1.29 is 13.2 Å². The number of nitrogens with zero attached hydrogens (tertiary/aromatic N) is 5. The number of hydrogen-bond donors (Lipinski definition) is 3. The second-order valence-corrected chi connectivity index (χ2v) is 6.53. The van der Waals surface area contributed by atoms with Crippen molar-refractivity contribution in [1.29, 1.82) is 0 Å². The van der Waals surface area contributed by atoms with Gasteiger partial charge in [-0.1, -0.05) is 16.6 Å². The Kier molecular flexibility index (Phi) is 4.01. The Hall–Kier alpha value is -1.99. The Bertz CT molecular complexity index is 693. The third kappa shape index (κ3) is 3.31. The summed E-state index contributed by atoms with van der Waals surface area (Å²) in [6.45, 7) is 2.84. The molecule has 0 radical (unpaired) electrons. The molecule has 11 nitrogen and oxygen atoms in total. The molecule has 2 rings (SSSR count). The van der Waals surface area contributed by atoms with Crippen LogP contribution in [0.2, 0.25) is 0 Å². The summed E-state index contributed by atoms with van der Waals surface area (Å²) in [5.41, 5.74) is 0. The van der Waals surface area contributed by atoms with Gasteiger partial charge in [0, 0.05) is 6.92 Å². The van der Waals surface area contributed by atoms with E-state index >= 15 is 0 Å². The fourth-order valence-electron chi connectivity index (χ4n) is 1.21. The maximum Gasteiger partial charge on any atom is 0.270 e. The first-order chi connectivity index (χ1) is 9.38. The van der Waals surface area contributed by atoms with Gasteiger partial charge < -0.3 is 5.32 Å². The Balaban J connectivity index is 2.14. The Morgan fingerprint density at radius 2 is 2.10 bits per heavy atom. The average Bonchev–Trinajstić information content (AvgIpc) is 2.97. The van der Waals surface area contributed by atoms with Crippen molar-refractivity contribution in [1.82, 2.24) is 35.5 Å². The van der Waals surface area contributed by atoms with Crippen LogP contribution in [0.15, 0.2) is 4.34 Å². The first kappa shape index (κ1) is 14.4. The van der Waals surface area contributed by atoms with Crippen LogP contribution in [0.5, 0.6) is 0 Å². The van der Waals surface area contributed by atoms with Crippen LogP contribution >= 0.6 is 11.3 Å². The van der Waals surface area contributed by atoms with Crippen LogP contribution in [0.25, 0.3) is 0 Å². The van der Waals surface area contributed by atoms with E-state index in [1.165, 1.54) is 6.92 Å². The summed E-state index contributed by atoms with van der Waals surface area (Å²) < 4.78 is 26.1. The van der Waals surface area contributed by atoms with Crippen LogP contribution in [0.1, 0.15) is 25.7 Å². The van der Waals surface area contributed by atoms with Gasteiger partial charge >= 0.3 is 0 Å². The molecule has 0 aliphatic rings. The fourth-order valence-corrected chi connectivity index (χ4v) is 3.37. The molecule has 0 fully saturated rings. The molecule has 1 amide bonds. The summed E-state index contributed by atoms with van der Waals surface area (Å²) in [4.78, 5) is 10.8. The highest BCUT2D eigenvalue weighted by Crippen LogP contribution is 2.21. The van der Waals surface area contributed by atoms with Gasteiger partial charge in [-0.3, -0.25) is 4.79 Å². The Morgan fingerprint density at radius 3 is 2.70 bits per heavy atom. The average molecular weight is 318 g/mol. The molecule has 2 aromatic rings. The number of aromatic amines is 1. The molecule has 108 valence electrons. The first-order valence-corrected chi connectivity index (χ1v) is 7.55. The van der Waals surface area contributed by atoms with Gasteiger partial charge in [0.2, 0.25) is 15.4 Å². The van der Waals surface area contributed by atoms with Crippen LogP contribution in [0, 0.1) is 0 Å². The van der Waals surface area contributed by atoms with E-state index in [4.69, 9.17) is 0 Å². The van der Waals surface area contributed by atoms with Gasteiger partial charge in [-0.15, -0.1) is 20.4 Å². The van der Waals surface area contributed by atoms with Crippen LogP contribution in [0.3, 0.4) is 0 Å². The third-order valence-corrected chi connectivity index (χ3v) is 4.75. The number of H-pyrrole nitrogens is 1. The summed E-state index contributed by atoms with van der Waals surface area (Å²) >= 11 is 0.739. The number of aromatic nitrogens is 6. The summed E-state index contributed by atoms with van der Waals surface area (Å²) in [6, 6.07) is -0.688. The van der Waals surface area contributed by atoms with Crippen molar-refractivity contribution in [2.75, 3.05) is 5.32 Å². The van der Waals surface area contributed by atoms with Gasteiger partial charge in [-0.05, 0) is 6.92 Å². The zero-order valence-corrected chi connectivity index (χ0v) is 12.0. The number of amides is 1. The zero-order valence-electron chi connectivity index (χ0n) is 10.4. The summed E-state index contributed by atoms with van der Waals surface area (Å²) in [5.74, 6) is -0.168. The summed E-state index contributed by atoms with van der Waals surface area (Å²) in [7, 11) is -3.88. The third-order valence-electron chi connectivity index (χ3n) is 2.00. The minimum Gasteiger partial charge on any atom is -0.301 e. The largest absolute Gasteiger partial charge is 0.301 e. The normalized spacial score (nSPS) is 13.1. The molecule has 20 heavy (non-hydrogen) atoms. The van der Waals surface area contributed by atoms with Crippen LogP contribution in [0.4, 0.5) is 5.13 Å². The van der Waals surface area contributed by atoms with Crippen LogP contribution < -0.4 is 10.0 Å². The number of hydrogen-bond acceptors (Lipinski definition) is 9. The minimum atomic E-state index is -3.88. The van der Waals surface area contributed by atoms with E-state index in [1.807, 2.05) is 0 Å². The first-order valence-electron chi connectivity index (χ1n) is 5.25. The molecular weight excluding hydrogens is 308 g/mol. The van der Waals surface area contributed by atoms with Gasteiger partial charge in [0.05, 0.1) is 6.04 Å². The lowest BCUT2D eigenvalue weighted by molar-refractivity contribution is -0.114. The molecule has 2 heterocycles. The van der Waals surface area contributed by atoms with E-state index in [-0.39, 0.29) is 21.2 Å². The number of carbonyl (C=O) groups excluding carboxylic acids is 1. The summed E-state index contributed by atoms with van der Waals surface area (Å²) in [6.07, 6.45) is 0. The van der Waals surface area contributed by atoms with E-state index in [0.717, 1.165) is 11.3 Å². The van der Waals surface area contributed by atoms with Crippen LogP contribution in [-0.4, -0.2) is 45.1 Å². The highest BCUT2D eigenvalue weighted by atomic mass is 32.2. The molecule has 0 saturated heterocycles. The lowest BCUT2D eigenvalue weighted by Gasteiger charge is -2.07. The molecule has 1 atom stereocenters. The van der Waals surface area contributed by atoms with Gasteiger partial charge in [0.25, 0.3) is 10.0 Å². The molecule has 13 heteroatoms. The molecule has 0 saturated carbocycles. The molecule has 0 spiro atoms. The van der Waals surface area contributed by atoms with Gasteiger partial charge in [-0.2, -0.15) is 9.94 Å². The maximum absolute atomic E-state index is 12.0. The topological polar surface area (TPSA) is 156 Å². The SMILES string of the molecule is CC(=O)Nc1nnc(S(=O)(=O)NC(C)c2nn[nH]n2)s1. The Labute approximate surface area is 117 Å². The lowest BCUT2D eigenvalue weighted by Crippen LogP contribution is -2.27. The molecule has 0 aromatic carbocycles. The number of anilines is 1. The predicted octanol–water partition coefficient (Wildman–Crippen LogP) is -0.951. The molecular formula is C7H10N8O3S2. The molecule has 0 bridgehead atoms. The van der Waals surface area contributed by atoms with Gasteiger partial charge in [-0.25, -0.2) is 8.42 Å². The summed E-state index contributed by atoms with van der Waals surface area (Å²) in [5, 5.41) is 22.4. The monoisotopic (exact) mass is 318 g/mol. The predicted molar refractivity (Wildman–Crippen MR) is 67.1 cm³/mol. The van der Waals surface area contributed by atoms with Gasteiger partial charge in [0.1, 0.15) is 0 Å². The smallest absolute Gasteiger partial charge is 0.270 e. The van der Waals surface area contributed by atoms with Crippen molar-refractivity contribution in [3.63, 3.8) is 0 Å². The minimum absolute atomic E-state index is 0.102. The highest BCUT2D eigenvalue weighted by Gasteiger charge is 2.25. The van der Waals surface area contributed by atoms with E-state index in [2.05, 4.69) is 40.9 Å². The lowest BCUT2D eigenvalue weighted by atomic mass is 10.4. The standard InChI is InChI=1S/C7H10N8O3S2/c1-3(5-9-14-15-10-5)13-20(17,18)7-12-11-6(19-7)8-4(2)16/h3,13H,1-2H3,(H,8,11,16)(H,9,10,14,15). The highest BCUT2D eigenvalue weighted by molar-refractivity contribution is 7.91. The number of tetrazole rings is 1. The molecule has 0 aliphatic heterocycles.